The molecule has 0 saturated carbocycles. The first-order valence-corrected chi connectivity index (χ1v) is 5.06. The predicted molar refractivity (Wildman–Crippen MR) is 59.6 cm³/mol. The second-order valence-corrected chi connectivity index (χ2v) is 3.64. The van der Waals surface area contributed by atoms with Crippen LogP contribution < -0.4 is 5.32 Å². The summed E-state index contributed by atoms with van der Waals surface area (Å²) in [7, 11) is 4.12. The zero-order chi connectivity index (χ0) is 10.6. The van der Waals surface area contributed by atoms with E-state index in [0.29, 0.717) is 0 Å². The van der Waals surface area contributed by atoms with E-state index in [9.17, 15) is 0 Å². The van der Waals surface area contributed by atoms with Crippen LogP contribution in [0.4, 0.5) is 5.95 Å². The Morgan fingerprint density at radius 2 is 2.29 bits per heavy atom. The van der Waals surface area contributed by atoms with E-state index in [1.807, 2.05) is 24.7 Å². The molecule has 80 valence electrons. The molecule has 0 aliphatic heterocycles. The van der Waals surface area contributed by atoms with Gasteiger partial charge in [0.15, 0.2) is 0 Å². The van der Waals surface area contributed by atoms with E-state index in [4.69, 9.17) is 0 Å². The Labute approximate surface area is 85.9 Å². The summed E-state index contributed by atoms with van der Waals surface area (Å²) in [6, 6.07) is 0. The van der Waals surface area contributed by atoms with Gasteiger partial charge in [-0.1, -0.05) is 6.92 Å². The maximum absolute atomic E-state index is 4.37. The molecule has 1 rings (SSSR count). The lowest BCUT2D eigenvalue weighted by Gasteiger charge is -2.14. The molecule has 0 unspecified atom stereocenters. The molecule has 1 aromatic rings. The first kappa shape index (κ1) is 11.0. The molecule has 0 radical (unpaired) electrons. The summed E-state index contributed by atoms with van der Waals surface area (Å²) in [5, 5.41) is 3.31. The number of anilines is 1. The molecule has 14 heavy (non-hydrogen) atoms. The molecule has 0 saturated heterocycles. The van der Waals surface area contributed by atoms with E-state index in [1.54, 1.807) is 0 Å². The molecule has 1 heterocycles. The minimum atomic E-state index is 0.939. The van der Waals surface area contributed by atoms with Gasteiger partial charge in [0.2, 0.25) is 5.95 Å². The molecule has 0 bridgehead atoms. The topological polar surface area (TPSA) is 33.1 Å². The number of hydrogen-bond donors (Lipinski definition) is 1. The van der Waals surface area contributed by atoms with Crippen LogP contribution in [0.2, 0.25) is 0 Å². The molecule has 0 atom stereocenters. The SMILES string of the molecule is CCN(C)CCNc1nc(C)cn1C. The van der Waals surface area contributed by atoms with Gasteiger partial charge in [-0.05, 0) is 20.5 Å². The highest BCUT2D eigenvalue weighted by molar-refractivity contribution is 5.27. The van der Waals surface area contributed by atoms with E-state index in [0.717, 1.165) is 31.3 Å². The number of aryl methyl sites for hydroxylation is 2. The van der Waals surface area contributed by atoms with Gasteiger partial charge in [0.1, 0.15) is 0 Å². The molecule has 0 spiro atoms. The number of nitrogens with one attached hydrogen (secondary N) is 1. The van der Waals surface area contributed by atoms with Crippen molar-refractivity contribution in [3.05, 3.63) is 11.9 Å². The molecule has 0 aromatic carbocycles. The second kappa shape index (κ2) is 5.00. The second-order valence-electron chi connectivity index (χ2n) is 3.64. The highest BCUT2D eigenvalue weighted by Gasteiger charge is 2.00. The lowest BCUT2D eigenvalue weighted by Crippen LogP contribution is -2.25. The fourth-order valence-electron chi connectivity index (χ4n) is 1.30. The van der Waals surface area contributed by atoms with Crippen LogP contribution >= 0.6 is 0 Å². The maximum atomic E-state index is 4.37. The first-order valence-electron chi connectivity index (χ1n) is 5.06. The molecule has 1 N–H and O–H groups in total. The molecule has 4 heteroatoms. The van der Waals surface area contributed by atoms with Crippen LogP contribution in [0.5, 0.6) is 0 Å². The highest BCUT2D eigenvalue weighted by atomic mass is 15.2. The normalized spacial score (nSPS) is 10.9. The molecule has 0 aliphatic carbocycles. The molecule has 0 amide bonds. The summed E-state index contributed by atoms with van der Waals surface area (Å²) in [5.41, 5.74) is 1.05. The Morgan fingerprint density at radius 1 is 1.57 bits per heavy atom. The third-order valence-corrected chi connectivity index (χ3v) is 2.31. The zero-order valence-electron chi connectivity index (χ0n) is 9.54. The van der Waals surface area contributed by atoms with Crippen LogP contribution in [0.25, 0.3) is 0 Å². The number of imidazole rings is 1. The van der Waals surface area contributed by atoms with Gasteiger partial charge in [0, 0.05) is 26.3 Å². The van der Waals surface area contributed by atoms with Gasteiger partial charge in [0.25, 0.3) is 0 Å². The summed E-state index contributed by atoms with van der Waals surface area (Å²) < 4.78 is 2.02. The number of aromatic nitrogens is 2. The quantitative estimate of drug-likeness (QED) is 0.765. The van der Waals surface area contributed by atoms with E-state index in [1.165, 1.54) is 0 Å². The summed E-state index contributed by atoms with van der Waals surface area (Å²) in [6.07, 6.45) is 2.02. The Hall–Kier alpha value is -1.03. The number of likely N-dealkylation sites (N-methyl/N-ethyl adjacent to an activating group) is 1. The average molecular weight is 196 g/mol. The summed E-state index contributed by atoms with van der Waals surface area (Å²) in [5.74, 6) is 0.951. The standard InChI is InChI=1S/C10H20N4/c1-5-13(3)7-6-11-10-12-9(2)8-14(10)4/h8H,5-7H2,1-4H3,(H,11,12). The van der Waals surface area contributed by atoms with Crippen molar-refractivity contribution in [1.82, 2.24) is 14.5 Å². The molecular weight excluding hydrogens is 176 g/mol. The summed E-state index contributed by atoms with van der Waals surface area (Å²) in [4.78, 5) is 6.63. The zero-order valence-corrected chi connectivity index (χ0v) is 9.54. The van der Waals surface area contributed by atoms with E-state index in [-0.39, 0.29) is 0 Å². The van der Waals surface area contributed by atoms with Gasteiger partial charge in [0.05, 0.1) is 5.69 Å². The largest absolute Gasteiger partial charge is 0.354 e. The van der Waals surface area contributed by atoms with Crippen molar-refractivity contribution >= 4 is 5.95 Å². The Bertz CT molecular complexity index is 280. The van der Waals surface area contributed by atoms with Crippen molar-refractivity contribution in [3.8, 4) is 0 Å². The van der Waals surface area contributed by atoms with Crippen molar-refractivity contribution in [3.63, 3.8) is 0 Å². The predicted octanol–water partition coefficient (Wildman–Crippen LogP) is 1.09. The van der Waals surface area contributed by atoms with Crippen LogP contribution in [0.1, 0.15) is 12.6 Å². The number of hydrogen-bond acceptors (Lipinski definition) is 3. The third kappa shape index (κ3) is 3.03. The van der Waals surface area contributed by atoms with Crippen molar-refractivity contribution in [2.75, 3.05) is 32.0 Å². The average Bonchev–Trinajstić information content (AvgIpc) is 2.45. The monoisotopic (exact) mass is 196 g/mol. The first-order chi connectivity index (χ1) is 6.63. The summed E-state index contributed by atoms with van der Waals surface area (Å²) >= 11 is 0. The maximum Gasteiger partial charge on any atom is 0.202 e. The van der Waals surface area contributed by atoms with Crippen molar-refractivity contribution in [2.45, 2.75) is 13.8 Å². The van der Waals surface area contributed by atoms with Crippen LogP contribution in [-0.4, -0.2) is 41.1 Å². The molecule has 1 aromatic heterocycles. The van der Waals surface area contributed by atoms with E-state index >= 15 is 0 Å². The van der Waals surface area contributed by atoms with Gasteiger partial charge in [-0.15, -0.1) is 0 Å². The Kier molecular flexibility index (Phi) is 3.95. The Morgan fingerprint density at radius 3 is 2.79 bits per heavy atom. The lowest BCUT2D eigenvalue weighted by molar-refractivity contribution is 0.366. The van der Waals surface area contributed by atoms with Crippen LogP contribution in [0, 0.1) is 6.92 Å². The van der Waals surface area contributed by atoms with Gasteiger partial charge in [-0.2, -0.15) is 0 Å². The lowest BCUT2D eigenvalue weighted by atomic mass is 10.5. The summed E-state index contributed by atoms with van der Waals surface area (Å²) in [6.45, 7) is 7.23. The van der Waals surface area contributed by atoms with Crippen LogP contribution in [-0.2, 0) is 7.05 Å². The van der Waals surface area contributed by atoms with Gasteiger partial charge in [-0.25, -0.2) is 4.98 Å². The van der Waals surface area contributed by atoms with E-state index < -0.39 is 0 Å². The molecule has 4 nitrogen and oxygen atoms in total. The van der Waals surface area contributed by atoms with E-state index in [2.05, 4.69) is 29.2 Å². The Balaban J connectivity index is 2.34. The minimum absolute atomic E-state index is 0.939. The molecule has 0 aliphatic rings. The smallest absolute Gasteiger partial charge is 0.202 e. The van der Waals surface area contributed by atoms with Crippen molar-refractivity contribution in [2.24, 2.45) is 7.05 Å². The van der Waals surface area contributed by atoms with Crippen molar-refractivity contribution in [1.29, 1.82) is 0 Å². The number of rotatable bonds is 5. The molecular formula is C10H20N4. The fraction of sp³-hybridized carbons (Fsp3) is 0.700. The van der Waals surface area contributed by atoms with Gasteiger partial charge >= 0.3 is 0 Å². The van der Waals surface area contributed by atoms with Crippen LogP contribution in [0.3, 0.4) is 0 Å². The molecule has 0 fully saturated rings. The highest BCUT2D eigenvalue weighted by Crippen LogP contribution is 2.04. The fourth-order valence-corrected chi connectivity index (χ4v) is 1.30. The minimum Gasteiger partial charge on any atom is -0.354 e. The van der Waals surface area contributed by atoms with Crippen LogP contribution in [0.15, 0.2) is 6.20 Å². The van der Waals surface area contributed by atoms with Crippen molar-refractivity contribution < 1.29 is 0 Å². The van der Waals surface area contributed by atoms with Gasteiger partial charge < -0.3 is 14.8 Å². The number of nitrogens with zero attached hydrogens (tertiary/aromatic N) is 3. The third-order valence-electron chi connectivity index (χ3n) is 2.31. The van der Waals surface area contributed by atoms with Gasteiger partial charge in [-0.3, -0.25) is 0 Å².